The number of nitrogens with zero attached hydrogens (tertiary/aromatic N) is 3. The highest BCUT2D eigenvalue weighted by molar-refractivity contribution is 6.01. The Morgan fingerprint density at radius 1 is 0.931 bits per heavy atom. The summed E-state index contributed by atoms with van der Waals surface area (Å²) in [6.07, 6.45) is 0.692. The maximum atomic E-state index is 13.5. The monoisotopic (exact) mass is 391 g/mol. The lowest BCUT2D eigenvalue weighted by Gasteiger charge is -2.39. The van der Waals surface area contributed by atoms with E-state index in [1.54, 1.807) is 4.90 Å². The molecule has 0 aromatic heterocycles. The van der Waals surface area contributed by atoms with Gasteiger partial charge in [-0.05, 0) is 36.1 Å². The van der Waals surface area contributed by atoms with Gasteiger partial charge in [-0.3, -0.25) is 9.59 Å². The highest BCUT2D eigenvalue weighted by atomic mass is 16.2. The molecule has 2 amide bonds. The van der Waals surface area contributed by atoms with Gasteiger partial charge in [0.1, 0.15) is 6.04 Å². The van der Waals surface area contributed by atoms with Crippen LogP contribution in [0.3, 0.4) is 0 Å². The molecule has 2 heterocycles. The number of carbonyl (C=O) groups excluding carboxylic acids is 2. The number of para-hydroxylation sites is 1. The Bertz CT molecular complexity index is 873. The van der Waals surface area contributed by atoms with Crippen LogP contribution in [0, 0.1) is 5.92 Å². The van der Waals surface area contributed by atoms with Crippen molar-refractivity contribution in [3.8, 4) is 0 Å². The first kappa shape index (κ1) is 19.5. The highest BCUT2D eigenvalue weighted by Crippen LogP contribution is 2.28. The molecule has 0 saturated carbocycles. The summed E-state index contributed by atoms with van der Waals surface area (Å²) in [5.41, 5.74) is 2.96. The molecule has 152 valence electrons. The molecule has 4 rings (SSSR count). The number of amides is 2. The Balaban J connectivity index is 1.47. The van der Waals surface area contributed by atoms with Crippen molar-refractivity contribution in [2.45, 2.75) is 32.9 Å². The normalized spacial score (nSPS) is 17.6. The summed E-state index contributed by atoms with van der Waals surface area (Å²) in [5, 5.41) is 0. The van der Waals surface area contributed by atoms with Gasteiger partial charge in [-0.2, -0.15) is 0 Å². The fourth-order valence-corrected chi connectivity index (χ4v) is 4.37. The second-order valence-electron chi connectivity index (χ2n) is 8.38. The summed E-state index contributed by atoms with van der Waals surface area (Å²) < 4.78 is 0. The first-order valence-corrected chi connectivity index (χ1v) is 10.5. The van der Waals surface area contributed by atoms with Crippen LogP contribution >= 0.6 is 0 Å². The Hall–Kier alpha value is -2.82. The van der Waals surface area contributed by atoms with Gasteiger partial charge in [0.25, 0.3) is 5.91 Å². The molecule has 2 aromatic carbocycles. The molecule has 1 saturated heterocycles. The third-order valence-electron chi connectivity index (χ3n) is 5.92. The summed E-state index contributed by atoms with van der Waals surface area (Å²) in [5.74, 6) is 0.418. The first-order valence-electron chi connectivity index (χ1n) is 10.5. The van der Waals surface area contributed by atoms with Crippen LogP contribution in [0.15, 0.2) is 54.6 Å². The molecule has 5 nitrogen and oxygen atoms in total. The number of hydrogen-bond acceptors (Lipinski definition) is 3. The predicted octanol–water partition coefficient (Wildman–Crippen LogP) is 3.41. The minimum Gasteiger partial charge on any atom is -0.368 e. The average molecular weight is 392 g/mol. The predicted molar refractivity (Wildman–Crippen MR) is 115 cm³/mol. The molecule has 0 aliphatic carbocycles. The van der Waals surface area contributed by atoms with Crippen molar-refractivity contribution >= 4 is 17.5 Å². The van der Waals surface area contributed by atoms with E-state index in [-0.39, 0.29) is 11.8 Å². The molecular weight excluding hydrogens is 362 g/mol. The second-order valence-corrected chi connectivity index (χ2v) is 8.38. The molecule has 2 aromatic rings. The van der Waals surface area contributed by atoms with Crippen molar-refractivity contribution in [2.75, 3.05) is 31.1 Å². The van der Waals surface area contributed by atoms with E-state index in [2.05, 4.69) is 30.9 Å². The molecule has 29 heavy (non-hydrogen) atoms. The van der Waals surface area contributed by atoms with Gasteiger partial charge in [0.2, 0.25) is 5.91 Å². The molecule has 0 radical (unpaired) electrons. The molecule has 2 aliphatic rings. The van der Waals surface area contributed by atoms with Crippen LogP contribution in [0.4, 0.5) is 5.69 Å². The van der Waals surface area contributed by atoms with Gasteiger partial charge in [0.15, 0.2) is 0 Å². The lowest BCUT2D eigenvalue weighted by molar-refractivity contribution is -0.137. The zero-order valence-corrected chi connectivity index (χ0v) is 17.3. The third-order valence-corrected chi connectivity index (χ3v) is 5.92. The minimum atomic E-state index is -0.391. The van der Waals surface area contributed by atoms with Gasteiger partial charge in [0, 0.05) is 44.0 Å². The third kappa shape index (κ3) is 4.00. The quantitative estimate of drug-likeness (QED) is 0.785. The number of fused-ring (bicyclic) bond motifs is 1. The highest BCUT2D eigenvalue weighted by Gasteiger charge is 2.38. The molecule has 0 bridgehead atoms. The van der Waals surface area contributed by atoms with Crippen LogP contribution in [-0.4, -0.2) is 53.8 Å². The van der Waals surface area contributed by atoms with Crippen LogP contribution < -0.4 is 4.90 Å². The molecule has 5 heteroatoms. The molecule has 0 N–H and O–H groups in total. The zero-order chi connectivity index (χ0) is 20.4. The molecule has 2 aliphatic heterocycles. The van der Waals surface area contributed by atoms with Gasteiger partial charge in [-0.15, -0.1) is 0 Å². The van der Waals surface area contributed by atoms with Crippen molar-refractivity contribution in [3.05, 3.63) is 65.7 Å². The van der Waals surface area contributed by atoms with Crippen molar-refractivity contribution in [1.82, 2.24) is 9.80 Å². The Morgan fingerprint density at radius 2 is 1.59 bits per heavy atom. The van der Waals surface area contributed by atoms with Gasteiger partial charge < -0.3 is 14.7 Å². The summed E-state index contributed by atoms with van der Waals surface area (Å²) in [7, 11) is 0. The fourth-order valence-electron chi connectivity index (χ4n) is 4.37. The van der Waals surface area contributed by atoms with Crippen molar-refractivity contribution in [1.29, 1.82) is 0 Å². The number of rotatable bonds is 5. The maximum Gasteiger partial charge on any atom is 0.255 e. The van der Waals surface area contributed by atoms with Crippen LogP contribution in [-0.2, 0) is 11.3 Å². The first-order chi connectivity index (χ1) is 14.0. The molecule has 1 atom stereocenters. The molecule has 1 fully saturated rings. The maximum absolute atomic E-state index is 13.5. The van der Waals surface area contributed by atoms with E-state index >= 15 is 0 Å². The van der Waals surface area contributed by atoms with Crippen LogP contribution in [0.2, 0.25) is 0 Å². The van der Waals surface area contributed by atoms with Crippen LogP contribution in [0.1, 0.15) is 36.2 Å². The van der Waals surface area contributed by atoms with Gasteiger partial charge in [-0.25, -0.2) is 0 Å². The summed E-state index contributed by atoms with van der Waals surface area (Å²) >= 11 is 0. The van der Waals surface area contributed by atoms with Crippen molar-refractivity contribution in [3.63, 3.8) is 0 Å². The SMILES string of the molecule is CC(C)CC(C(=O)N1CCN(c2ccccc2)CC1)N1Cc2ccccc2C1=O. The topological polar surface area (TPSA) is 43.9 Å². The molecule has 0 spiro atoms. The van der Waals surface area contributed by atoms with E-state index in [1.165, 1.54) is 5.69 Å². The van der Waals surface area contributed by atoms with Crippen molar-refractivity contribution < 1.29 is 9.59 Å². The average Bonchev–Trinajstić information content (AvgIpc) is 3.09. The summed E-state index contributed by atoms with van der Waals surface area (Å²) in [6.45, 7) is 7.77. The zero-order valence-electron chi connectivity index (χ0n) is 17.3. The van der Waals surface area contributed by atoms with E-state index in [0.29, 0.717) is 32.0 Å². The summed E-state index contributed by atoms with van der Waals surface area (Å²) in [4.78, 5) is 32.5. The standard InChI is InChI=1S/C24H29N3O2/c1-18(2)16-22(27-17-19-8-6-7-11-21(19)23(27)28)24(29)26-14-12-25(13-15-26)20-9-4-3-5-10-20/h3-11,18,22H,12-17H2,1-2H3. The van der Waals surface area contributed by atoms with E-state index in [4.69, 9.17) is 0 Å². The Labute approximate surface area is 172 Å². The van der Waals surface area contributed by atoms with Gasteiger partial charge >= 0.3 is 0 Å². The number of anilines is 1. The Morgan fingerprint density at radius 3 is 2.24 bits per heavy atom. The van der Waals surface area contributed by atoms with Crippen molar-refractivity contribution in [2.24, 2.45) is 5.92 Å². The lowest BCUT2D eigenvalue weighted by atomic mass is 10.0. The number of benzene rings is 2. The smallest absolute Gasteiger partial charge is 0.255 e. The van der Waals surface area contributed by atoms with E-state index in [9.17, 15) is 9.59 Å². The van der Waals surface area contributed by atoms with Crippen LogP contribution in [0.25, 0.3) is 0 Å². The summed E-state index contributed by atoms with van der Waals surface area (Å²) in [6, 6.07) is 17.6. The fraction of sp³-hybridized carbons (Fsp3) is 0.417. The lowest BCUT2D eigenvalue weighted by Crippen LogP contribution is -2.55. The number of hydrogen-bond donors (Lipinski definition) is 0. The van der Waals surface area contributed by atoms with E-state index in [0.717, 1.165) is 24.2 Å². The van der Waals surface area contributed by atoms with E-state index in [1.807, 2.05) is 47.4 Å². The largest absolute Gasteiger partial charge is 0.368 e. The number of piperazine rings is 1. The second kappa shape index (κ2) is 8.27. The van der Waals surface area contributed by atoms with Gasteiger partial charge in [-0.1, -0.05) is 50.2 Å². The molecular formula is C24H29N3O2. The van der Waals surface area contributed by atoms with Crippen LogP contribution in [0.5, 0.6) is 0 Å². The number of carbonyl (C=O) groups is 2. The van der Waals surface area contributed by atoms with Gasteiger partial charge in [0.05, 0.1) is 0 Å². The minimum absolute atomic E-state index is 0.0116. The van der Waals surface area contributed by atoms with E-state index < -0.39 is 6.04 Å². The Kier molecular flexibility index (Phi) is 5.56. The molecule has 1 unspecified atom stereocenters.